The third-order valence-electron chi connectivity index (χ3n) is 4.78. The predicted molar refractivity (Wildman–Crippen MR) is 90.5 cm³/mol. The van der Waals surface area contributed by atoms with Gasteiger partial charge in [0.05, 0.1) is 16.4 Å². The van der Waals surface area contributed by atoms with Crippen molar-refractivity contribution in [1.29, 1.82) is 0 Å². The molecule has 10 heteroatoms. The molecule has 1 saturated carbocycles. The van der Waals surface area contributed by atoms with Crippen molar-refractivity contribution in [2.24, 2.45) is 5.92 Å². The van der Waals surface area contributed by atoms with E-state index in [1.807, 2.05) is 0 Å². The first-order chi connectivity index (χ1) is 12.7. The summed E-state index contributed by atoms with van der Waals surface area (Å²) < 4.78 is 39.7. The molecule has 0 radical (unpaired) electrons. The van der Waals surface area contributed by atoms with E-state index in [2.05, 4.69) is 10.3 Å². The van der Waals surface area contributed by atoms with Crippen LogP contribution in [0, 0.1) is 16.0 Å². The highest BCUT2D eigenvalue weighted by molar-refractivity contribution is 6.06. The third-order valence-corrected chi connectivity index (χ3v) is 4.78. The Hall–Kier alpha value is -2.91. The fourth-order valence-corrected chi connectivity index (χ4v) is 3.48. The lowest BCUT2D eigenvalue weighted by Crippen LogP contribution is -2.47. The molecule has 1 aromatic heterocycles. The minimum absolute atomic E-state index is 0.0734. The largest absolute Gasteiger partial charge is 0.393 e. The number of nitro groups is 1. The van der Waals surface area contributed by atoms with Crippen LogP contribution in [-0.2, 0) is 0 Å². The van der Waals surface area contributed by atoms with Crippen molar-refractivity contribution in [3.05, 3.63) is 50.3 Å². The summed E-state index contributed by atoms with van der Waals surface area (Å²) in [5.74, 6) is -2.51. The normalized spacial score (nSPS) is 20.4. The van der Waals surface area contributed by atoms with Gasteiger partial charge in [-0.3, -0.25) is 19.7 Å². The number of non-ortho nitro benzene ring substituents is 1. The molecule has 1 aliphatic carbocycles. The molecule has 7 nitrogen and oxygen atoms in total. The summed E-state index contributed by atoms with van der Waals surface area (Å²) in [5.41, 5.74) is -0.926. The average molecular weight is 383 g/mol. The molecule has 2 aromatic rings. The van der Waals surface area contributed by atoms with Crippen molar-refractivity contribution >= 4 is 22.5 Å². The van der Waals surface area contributed by atoms with E-state index in [1.165, 1.54) is 12.1 Å². The number of nitrogens with one attached hydrogen (secondary N) is 2. The lowest BCUT2D eigenvalue weighted by atomic mass is 9.84. The number of benzene rings is 1. The molecule has 2 atom stereocenters. The van der Waals surface area contributed by atoms with Crippen LogP contribution in [0.25, 0.3) is 10.9 Å². The maximum atomic E-state index is 13.2. The summed E-state index contributed by atoms with van der Waals surface area (Å²) in [4.78, 5) is 37.2. The molecule has 0 unspecified atom stereocenters. The highest BCUT2D eigenvalue weighted by Gasteiger charge is 2.46. The molecular formula is C17H16F3N3O4. The Morgan fingerprint density at radius 1 is 1.22 bits per heavy atom. The van der Waals surface area contributed by atoms with Gasteiger partial charge in [0, 0.05) is 35.1 Å². The van der Waals surface area contributed by atoms with Gasteiger partial charge in [-0.15, -0.1) is 0 Å². The van der Waals surface area contributed by atoms with Gasteiger partial charge in [0.1, 0.15) is 0 Å². The SMILES string of the molecule is O=C(N[C@H]1CCCC[C@H]1C(F)(F)F)c1cc(=O)[nH]c2ccc([N+](=O)[O-])cc12. The van der Waals surface area contributed by atoms with E-state index >= 15 is 0 Å². The Bertz CT molecular complexity index is 955. The van der Waals surface area contributed by atoms with E-state index in [0.29, 0.717) is 12.8 Å². The van der Waals surface area contributed by atoms with Crippen molar-refractivity contribution in [3.8, 4) is 0 Å². The van der Waals surface area contributed by atoms with E-state index in [9.17, 15) is 32.9 Å². The van der Waals surface area contributed by atoms with Gasteiger partial charge in [-0.25, -0.2) is 0 Å². The Morgan fingerprint density at radius 2 is 1.93 bits per heavy atom. The first kappa shape index (κ1) is 18.9. The number of pyridine rings is 1. The monoisotopic (exact) mass is 383 g/mol. The van der Waals surface area contributed by atoms with Crippen LogP contribution in [0.2, 0.25) is 0 Å². The maximum absolute atomic E-state index is 13.2. The second-order valence-corrected chi connectivity index (χ2v) is 6.55. The number of nitrogens with zero attached hydrogens (tertiary/aromatic N) is 1. The zero-order valence-electron chi connectivity index (χ0n) is 14.0. The smallest absolute Gasteiger partial charge is 0.349 e. The minimum Gasteiger partial charge on any atom is -0.349 e. The number of aromatic amines is 1. The summed E-state index contributed by atoms with van der Waals surface area (Å²) in [6.07, 6.45) is -3.35. The number of alkyl halides is 3. The van der Waals surface area contributed by atoms with Crippen LogP contribution in [0.15, 0.2) is 29.1 Å². The second kappa shape index (κ2) is 7.01. The summed E-state index contributed by atoms with van der Waals surface area (Å²) >= 11 is 0. The van der Waals surface area contributed by atoms with E-state index in [4.69, 9.17) is 0 Å². The highest BCUT2D eigenvalue weighted by Crippen LogP contribution is 2.38. The molecule has 1 fully saturated rings. The van der Waals surface area contributed by atoms with Gasteiger partial charge in [0.2, 0.25) is 5.56 Å². The van der Waals surface area contributed by atoms with Gasteiger partial charge in [0.25, 0.3) is 11.6 Å². The van der Waals surface area contributed by atoms with Crippen molar-refractivity contribution in [3.63, 3.8) is 0 Å². The number of fused-ring (bicyclic) bond motifs is 1. The van der Waals surface area contributed by atoms with Gasteiger partial charge >= 0.3 is 6.18 Å². The third kappa shape index (κ3) is 3.93. The number of carbonyl (C=O) groups excluding carboxylic acids is 1. The number of aromatic nitrogens is 1. The molecular weight excluding hydrogens is 367 g/mol. The topological polar surface area (TPSA) is 105 Å². The number of H-pyrrole nitrogens is 1. The second-order valence-electron chi connectivity index (χ2n) is 6.55. The predicted octanol–water partition coefficient (Wildman–Crippen LogP) is 3.29. The Morgan fingerprint density at radius 3 is 2.59 bits per heavy atom. The Kier molecular flexibility index (Phi) is 4.90. The molecule has 3 rings (SSSR count). The van der Waals surface area contributed by atoms with Crippen molar-refractivity contribution in [2.45, 2.75) is 37.9 Å². The Balaban J connectivity index is 1.98. The van der Waals surface area contributed by atoms with Crippen molar-refractivity contribution < 1.29 is 22.9 Å². The fourth-order valence-electron chi connectivity index (χ4n) is 3.48. The van der Waals surface area contributed by atoms with Crippen LogP contribution in [0.5, 0.6) is 0 Å². The van der Waals surface area contributed by atoms with Gasteiger partial charge in [-0.05, 0) is 18.9 Å². The number of hydrogen-bond acceptors (Lipinski definition) is 4. The number of rotatable bonds is 3. The number of halogens is 3. The lowest BCUT2D eigenvalue weighted by Gasteiger charge is -2.33. The average Bonchev–Trinajstić information content (AvgIpc) is 2.60. The lowest BCUT2D eigenvalue weighted by molar-refractivity contribution is -0.384. The number of hydrogen-bond donors (Lipinski definition) is 2. The quantitative estimate of drug-likeness (QED) is 0.627. The molecule has 1 amide bonds. The van der Waals surface area contributed by atoms with Crippen LogP contribution in [0.3, 0.4) is 0 Å². The summed E-state index contributed by atoms with van der Waals surface area (Å²) in [7, 11) is 0. The highest BCUT2D eigenvalue weighted by atomic mass is 19.4. The molecule has 1 aliphatic rings. The number of amides is 1. The molecule has 144 valence electrons. The maximum Gasteiger partial charge on any atom is 0.393 e. The van der Waals surface area contributed by atoms with Gasteiger partial charge < -0.3 is 10.3 Å². The van der Waals surface area contributed by atoms with E-state index in [0.717, 1.165) is 12.1 Å². The summed E-state index contributed by atoms with van der Waals surface area (Å²) in [6, 6.07) is 3.40. The van der Waals surface area contributed by atoms with Crippen LogP contribution >= 0.6 is 0 Å². The number of nitro benzene ring substituents is 1. The van der Waals surface area contributed by atoms with Crippen LogP contribution < -0.4 is 10.9 Å². The summed E-state index contributed by atoms with van der Waals surface area (Å²) in [6.45, 7) is 0. The van der Waals surface area contributed by atoms with E-state index in [-0.39, 0.29) is 35.0 Å². The van der Waals surface area contributed by atoms with E-state index < -0.39 is 34.5 Å². The van der Waals surface area contributed by atoms with Gasteiger partial charge in [0.15, 0.2) is 0 Å². The zero-order valence-corrected chi connectivity index (χ0v) is 14.0. The first-order valence-corrected chi connectivity index (χ1v) is 8.36. The fraction of sp³-hybridized carbons (Fsp3) is 0.412. The molecule has 0 saturated heterocycles. The van der Waals surface area contributed by atoms with Crippen LogP contribution in [0.1, 0.15) is 36.0 Å². The zero-order chi connectivity index (χ0) is 19.8. The molecule has 1 aromatic carbocycles. The van der Waals surface area contributed by atoms with E-state index in [1.54, 1.807) is 0 Å². The molecule has 0 aliphatic heterocycles. The molecule has 0 spiro atoms. The first-order valence-electron chi connectivity index (χ1n) is 8.36. The van der Waals surface area contributed by atoms with Gasteiger partial charge in [-0.2, -0.15) is 13.2 Å². The molecule has 2 N–H and O–H groups in total. The number of carbonyl (C=O) groups is 1. The standard InChI is InChI=1S/C17H16F3N3O4/c18-17(19,20)12-3-1-2-4-14(12)22-16(25)11-8-15(24)21-13-6-5-9(23(26)27)7-10(11)13/h5-8,12,14H,1-4H2,(H,21,24)(H,22,25)/t12-,14+/m1/s1. The van der Waals surface area contributed by atoms with Crippen molar-refractivity contribution in [2.75, 3.05) is 0 Å². The molecule has 0 bridgehead atoms. The summed E-state index contributed by atoms with van der Waals surface area (Å²) in [5, 5.41) is 13.4. The molecule has 27 heavy (non-hydrogen) atoms. The minimum atomic E-state index is -4.44. The molecule has 1 heterocycles. The van der Waals surface area contributed by atoms with Crippen molar-refractivity contribution in [1.82, 2.24) is 10.3 Å². The van der Waals surface area contributed by atoms with Crippen LogP contribution in [0.4, 0.5) is 18.9 Å². The Labute approximate surface area is 150 Å². The van der Waals surface area contributed by atoms with Crippen LogP contribution in [-0.4, -0.2) is 28.0 Å². The van der Waals surface area contributed by atoms with Gasteiger partial charge in [-0.1, -0.05) is 12.8 Å².